The quantitative estimate of drug-likeness (QED) is 0.791. The van der Waals surface area contributed by atoms with Crippen LogP contribution < -0.4 is 10.2 Å². The van der Waals surface area contributed by atoms with Gasteiger partial charge >= 0.3 is 0 Å². The molecular formula is C21H24N2O4S. The summed E-state index contributed by atoms with van der Waals surface area (Å²) in [5.74, 6) is -0.579. The molecule has 3 aliphatic heterocycles. The van der Waals surface area contributed by atoms with Gasteiger partial charge in [0.1, 0.15) is 5.00 Å². The molecule has 0 radical (unpaired) electrons. The molecule has 6 nitrogen and oxygen atoms in total. The topological polar surface area (TPSA) is 75.7 Å². The average Bonchev–Trinajstić information content (AvgIpc) is 3.03. The van der Waals surface area contributed by atoms with Crippen LogP contribution in [-0.2, 0) is 27.2 Å². The fourth-order valence-corrected chi connectivity index (χ4v) is 7.04. The Bertz CT molecular complexity index is 876. The predicted molar refractivity (Wildman–Crippen MR) is 103 cm³/mol. The lowest BCUT2D eigenvalue weighted by atomic mass is 9.81. The molecule has 1 aromatic rings. The molecule has 1 saturated carbocycles. The predicted octanol–water partition coefficient (Wildman–Crippen LogP) is 2.43. The molecule has 2 bridgehead atoms. The zero-order valence-corrected chi connectivity index (χ0v) is 16.7. The minimum absolute atomic E-state index is 0.110. The fourth-order valence-electron chi connectivity index (χ4n) is 5.53. The number of anilines is 1. The Balaban J connectivity index is 1.43. The van der Waals surface area contributed by atoms with Crippen molar-refractivity contribution >= 4 is 34.1 Å². The van der Waals surface area contributed by atoms with Gasteiger partial charge in [-0.25, -0.2) is 4.90 Å². The van der Waals surface area contributed by atoms with Gasteiger partial charge in [0.05, 0.1) is 29.6 Å². The van der Waals surface area contributed by atoms with Crippen molar-refractivity contribution in [1.82, 2.24) is 5.32 Å². The summed E-state index contributed by atoms with van der Waals surface area (Å²) in [7, 11) is 0. The maximum absolute atomic E-state index is 13.3. The van der Waals surface area contributed by atoms with Crippen LogP contribution in [0.1, 0.15) is 59.8 Å². The molecule has 4 fully saturated rings. The summed E-state index contributed by atoms with van der Waals surface area (Å²) in [6.07, 6.45) is 6.27. The highest BCUT2D eigenvalue weighted by Gasteiger charge is 2.63. The second-order valence-electron chi connectivity index (χ2n) is 9.13. The van der Waals surface area contributed by atoms with Gasteiger partial charge in [0.2, 0.25) is 11.8 Å². The molecule has 5 aliphatic rings. The van der Waals surface area contributed by atoms with Crippen LogP contribution in [0.3, 0.4) is 0 Å². The van der Waals surface area contributed by atoms with E-state index in [0.717, 1.165) is 50.5 Å². The van der Waals surface area contributed by atoms with Gasteiger partial charge in [-0.3, -0.25) is 14.4 Å². The third kappa shape index (κ3) is 2.32. The zero-order valence-electron chi connectivity index (χ0n) is 15.9. The fraction of sp³-hybridized carbons (Fsp3) is 0.667. The number of fused-ring (bicyclic) bond motifs is 6. The monoisotopic (exact) mass is 400 g/mol. The Morgan fingerprint density at radius 1 is 1.07 bits per heavy atom. The summed E-state index contributed by atoms with van der Waals surface area (Å²) in [5.41, 5.74) is 1.65. The third-order valence-corrected chi connectivity index (χ3v) is 8.36. The van der Waals surface area contributed by atoms with E-state index < -0.39 is 0 Å². The molecule has 148 valence electrons. The van der Waals surface area contributed by atoms with Gasteiger partial charge in [0.15, 0.2) is 0 Å². The number of hydrogen-bond acceptors (Lipinski definition) is 5. The van der Waals surface area contributed by atoms with E-state index in [4.69, 9.17) is 4.74 Å². The Morgan fingerprint density at radius 2 is 1.75 bits per heavy atom. The number of nitrogens with zero attached hydrogens (tertiary/aromatic N) is 1. The lowest BCUT2D eigenvalue weighted by Crippen LogP contribution is -2.36. The number of carbonyl (C=O) groups is 3. The maximum Gasteiger partial charge on any atom is 0.254 e. The zero-order chi connectivity index (χ0) is 19.2. The van der Waals surface area contributed by atoms with E-state index in [0.29, 0.717) is 16.5 Å². The van der Waals surface area contributed by atoms with E-state index in [9.17, 15) is 14.4 Å². The van der Waals surface area contributed by atoms with Crippen molar-refractivity contribution in [1.29, 1.82) is 0 Å². The second-order valence-corrected chi connectivity index (χ2v) is 10.2. The molecule has 1 N–H and O–H groups in total. The SMILES string of the molecule is C[C@@H]1CCc2c(sc(N3C(=O)[C@@H]4[C@H](C3=O)[C@@H]3CC[C@@H]4O3)c2C(=O)NC2CC2)C1. The average molecular weight is 401 g/mol. The van der Waals surface area contributed by atoms with Crippen molar-refractivity contribution < 1.29 is 19.1 Å². The number of carbonyl (C=O) groups excluding carboxylic acids is 3. The standard InChI is InChI=1S/C21H24N2O4S/c1-9-2-5-11-14(8-9)28-21(15(11)18(24)22-10-3-4-10)23-19(25)16-12-6-7-13(27-12)17(16)20(23)26/h9-10,12-13,16-17H,2-8H2,1H3,(H,22,24)/t9-,12+,13+,16-,17+/m1/s1. The molecule has 6 rings (SSSR count). The van der Waals surface area contributed by atoms with Crippen LogP contribution in [0.5, 0.6) is 0 Å². The summed E-state index contributed by atoms with van der Waals surface area (Å²) >= 11 is 1.49. The molecule has 5 atom stereocenters. The molecule has 0 spiro atoms. The highest BCUT2D eigenvalue weighted by Crippen LogP contribution is 2.52. The number of rotatable bonds is 3. The van der Waals surface area contributed by atoms with Crippen molar-refractivity contribution in [2.24, 2.45) is 17.8 Å². The van der Waals surface area contributed by atoms with Gasteiger partial charge in [-0.2, -0.15) is 0 Å². The molecule has 0 aromatic carbocycles. The summed E-state index contributed by atoms with van der Waals surface area (Å²) in [5, 5.41) is 3.66. The van der Waals surface area contributed by atoms with E-state index in [1.165, 1.54) is 21.1 Å². The number of amides is 3. The van der Waals surface area contributed by atoms with Gasteiger partial charge in [0, 0.05) is 10.9 Å². The number of ether oxygens (including phenoxy) is 1. The smallest absolute Gasteiger partial charge is 0.254 e. The summed E-state index contributed by atoms with van der Waals surface area (Å²) < 4.78 is 5.85. The van der Waals surface area contributed by atoms with Crippen molar-refractivity contribution in [2.75, 3.05) is 4.90 Å². The van der Waals surface area contributed by atoms with E-state index in [1.54, 1.807) is 0 Å². The first-order valence-corrected chi connectivity index (χ1v) is 11.3. The van der Waals surface area contributed by atoms with Crippen LogP contribution in [0.2, 0.25) is 0 Å². The largest absolute Gasteiger partial charge is 0.373 e. The third-order valence-electron chi connectivity index (χ3n) is 7.12. The van der Waals surface area contributed by atoms with Gasteiger partial charge in [-0.15, -0.1) is 11.3 Å². The molecule has 0 unspecified atom stereocenters. The van der Waals surface area contributed by atoms with Gasteiger partial charge in [0.25, 0.3) is 5.91 Å². The maximum atomic E-state index is 13.3. The highest BCUT2D eigenvalue weighted by atomic mass is 32.1. The first-order valence-electron chi connectivity index (χ1n) is 10.5. The first kappa shape index (κ1) is 17.2. The molecule has 2 aliphatic carbocycles. The summed E-state index contributed by atoms with van der Waals surface area (Å²) in [4.78, 5) is 42.2. The Morgan fingerprint density at radius 3 is 2.39 bits per heavy atom. The van der Waals surface area contributed by atoms with Crippen LogP contribution in [0.25, 0.3) is 0 Å². The Labute approximate surface area is 167 Å². The minimum Gasteiger partial charge on any atom is -0.373 e. The van der Waals surface area contributed by atoms with Crippen LogP contribution in [0.4, 0.5) is 5.00 Å². The van der Waals surface area contributed by atoms with Crippen LogP contribution in [0, 0.1) is 17.8 Å². The lowest BCUT2D eigenvalue weighted by molar-refractivity contribution is -0.124. The molecule has 3 saturated heterocycles. The van der Waals surface area contributed by atoms with E-state index in [-0.39, 0.29) is 47.8 Å². The van der Waals surface area contributed by atoms with Crippen molar-refractivity contribution in [3.63, 3.8) is 0 Å². The lowest BCUT2D eigenvalue weighted by Gasteiger charge is -2.19. The number of nitrogens with one attached hydrogen (secondary N) is 1. The first-order chi connectivity index (χ1) is 13.5. The summed E-state index contributed by atoms with van der Waals surface area (Å²) in [6.45, 7) is 2.22. The van der Waals surface area contributed by atoms with Crippen LogP contribution in [-0.4, -0.2) is 36.0 Å². The van der Waals surface area contributed by atoms with Gasteiger partial charge in [-0.05, 0) is 56.4 Å². The molecule has 28 heavy (non-hydrogen) atoms. The van der Waals surface area contributed by atoms with E-state index >= 15 is 0 Å². The molecule has 7 heteroatoms. The minimum atomic E-state index is -0.358. The highest BCUT2D eigenvalue weighted by molar-refractivity contribution is 7.17. The molecule has 1 aromatic heterocycles. The molecule has 4 heterocycles. The van der Waals surface area contributed by atoms with Gasteiger partial charge < -0.3 is 10.1 Å². The molecule has 3 amide bonds. The van der Waals surface area contributed by atoms with Crippen LogP contribution >= 0.6 is 11.3 Å². The van der Waals surface area contributed by atoms with Crippen LogP contribution in [0.15, 0.2) is 0 Å². The number of hydrogen-bond donors (Lipinski definition) is 1. The van der Waals surface area contributed by atoms with Crippen molar-refractivity contribution in [2.45, 2.75) is 70.1 Å². The van der Waals surface area contributed by atoms with Gasteiger partial charge in [-0.1, -0.05) is 6.92 Å². The Hall–Kier alpha value is -1.73. The summed E-state index contributed by atoms with van der Waals surface area (Å²) in [6, 6.07) is 0.243. The molecular weight excluding hydrogens is 376 g/mol. The second kappa shape index (κ2) is 5.89. The van der Waals surface area contributed by atoms with E-state index in [1.807, 2.05) is 0 Å². The van der Waals surface area contributed by atoms with Crippen molar-refractivity contribution in [3.05, 3.63) is 16.0 Å². The Kier molecular flexibility index (Phi) is 3.61. The number of imide groups is 1. The van der Waals surface area contributed by atoms with E-state index in [2.05, 4.69) is 12.2 Å². The normalized spacial score (nSPS) is 36.0. The van der Waals surface area contributed by atoms with Crippen molar-refractivity contribution in [3.8, 4) is 0 Å². The number of thiophene rings is 1.